The minimum absolute atomic E-state index is 0.0555. The number of hydrogen-bond donors (Lipinski definition) is 1. The fraction of sp³-hybridized carbons (Fsp3) is 0.286. The normalized spacial score (nSPS) is 11.9. The van der Waals surface area contributed by atoms with E-state index in [0.717, 1.165) is 17.5 Å². The van der Waals surface area contributed by atoms with Crippen LogP contribution in [0.15, 0.2) is 59.0 Å². The molecule has 1 heterocycles. The number of aryl methyl sites for hydroxylation is 1. The van der Waals surface area contributed by atoms with Gasteiger partial charge in [-0.15, -0.1) is 10.2 Å². The number of halogens is 1. The molecular formula is C21H22ClN3O3. The smallest absolute Gasteiger partial charge is 0.249 e. The predicted molar refractivity (Wildman–Crippen MR) is 106 cm³/mol. The average Bonchev–Trinajstić information content (AvgIpc) is 3.18. The number of nitrogens with zero attached hydrogens (tertiary/aromatic N) is 2. The summed E-state index contributed by atoms with van der Waals surface area (Å²) in [6, 6.07) is 17.2. The first-order valence-corrected chi connectivity index (χ1v) is 9.44. The first-order chi connectivity index (χ1) is 13.7. The molecule has 28 heavy (non-hydrogen) atoms. The van der Waals surface area contributed by atoms with Gasteiger partial charge in [0.1, 0.15) is 0 Å². The molecule has 1 atom stereocenters. The third-order valence-corrected chi connectivity index (χ3v) is 4.51. The molecule has 6 nitrogen and oxygen atoms in total. The Balaban J connectivity index is 1.46. The second kappa shape index (κ2) is 10.0. The van der Waals surface area contributed by atoms with Crippen molar-refractivity contribution in [2.24, 2.45) is 0 Å². The Morgan fingerprint density at radius 2 is 1.86 bits per heavy atom. The monoisotopic (exact) mass is 399 g/mol. The molecule has 7 heteroatoms. The van der Waals surface area contributed by atoms with E-state index in [1.807, 2.05) is 54.6 Å². The molecule has 0 unspecified atom stereocenters. The van der Waals surface area contributed by atoms with Gasteiger partial charge >= 0.3 is 0 Å². The number of hydrogen-bond acceptors (Lipinski definition) is 5. The Hall–Kier alpha value is -2.70. The molecule has 0 bridgehead atoms. The highest BCUT2D eigenvalue weighted by molar-refractivity contribution is 6.30. The molecule has 0 fully saturated rings. The Labute approximate surface area is 168 Å². The molecule has 0 radical (unpaired) electrons. The van der Waals surface area contributed by atoms with E-state index in [-0.39, 0.29) is 12.3 Å². The van der Waals surface area contributed by atoms with E-state index in [2.05, 4.69) is 15.5 Å². The van der Waals surface area contributed by atoms with Crippen molar-refractivity contribution in [3.63, 3.8) is 0 Å². The van der Waals surface area contributed by atoms with E-state index in [9.17, 15) is 4.79 Å². The Morgan fingerprint density at radius 3 is 2.57 bits per heavy atom. The summed E-state index contributed by atoms with van der Waals surface area (Å²) in [5.74, 6) is 0.743. The first kappa shape index (κ1) is 20.0. The predicted octanol–water partition coefficient (Wildman–Crippen LogP) is 3.75. The second-order valence-corrected chi connectivity index (χ2v) is 6.72. The fourth-order valence-electron chi connectivity index (χ4n) is 2.79. The molecule has 0 spiro atoms. The summed E-state index contributed by atoms with van der Waals surface area (Å²) in [6.45, 7) is 0.565. The minimum Gasteiger partial charge on any atom is -0.422 e. The molecule has 0 aliphatic rings. The minimum atomic E-state index is -0.421. The van der Waals surface area contributed by atoms with Gasteiger partial charge in [0.2, 0.25) is 17.7 Å². The van der Waals surface area contributed by atoms with E-state index >= 15 is 0 Å². The van der Waals surface area contributed by atoms with Gasteiger partial charge in [0.25, 0.3) is 0 Å². The number of methoxy groups -OCH3 is 1. The van der Waals surface area contributed by atoms with Crippen molar-refractivity contribution in [2.45, 2.75) is 25.4 Å². The third kappa shape index (κ3) is 5.65. The molecule has 0 aliphatic heterocycles. The maximum atomic E-state index is 12.0. The number of carbonyl (C=O) groups is 1. The van der Waals surface area contributed by atoms with Crippen LogP contribution in [0.25, 0.3) is 0 Å². The number of amides is 1. The highest BCUT2D eigenvalue weighted by Gasteiger charge is 2.20. The van der Waals surface area contributed by atoms with Crippen molar-refractivity contribution >= 4 is 17.5 Å². The molecule has 1 amide bonds. The van der Waals surface area contributed by atoms with Crippen LogP contribution in [0.2, 0.25) is 5.02 Å². The van der Waals surface area contributed by atoms with Crippen LogP contribution < -0.4 is 5.32 Å². The van der Waals surface area contributed by atoms with Crippen LogP contribution in [0.3, 0.4) is 0 Å². The van der Waals surface area contributed by atoms with Crippen molar-refractivity contribution in [1.82, 2.24) is 15.5 Å². The molecule has 0 saturated carbocycles. The molecule has 1 aromatic heterocycles. The van der Waals surface area contributed by atoms with Gasteiger partial charge in [-0.2, -0.15) is 0 Å². The molecular weight excluding hydrogens is 378 g/mol. The van der Waals surface area contributed by atoms with Crippen LogP contribution in [0.4, 0.5) is 0 Å². The van der Waals surface area contributed by atoms with E-state index in [4.69, 9.17) is 20.8 Å². The van der Waals surface area contributed by atoms with Crippen LogP contribution in [0.5, 0.6) is 0 Å². The summed E-state index contributed by atoms with van der Waals surface area (Å²) in [5.41, 5.74) is 2.05. The highest BCUT2D eigenvalue weighted by Crippen LogP contribution is 2.24. The summed E-state index contributed by atoms with van der Waals surface area (Å²) >= 11 is 5.86. The Morgan fingerprint density at radius 1 is 1.11 bits per heavy atom. The van der Waals surface area contributed by atoms with Crippen LogP contribution in [-0.2, 0) is 22.4 Å². The van der Waals surface area contributed by atoms with Crippen molar-refractivity contribution in [1.29, 1.82) is 0 Å². The van der Waals surface area contributed by atoms with Gasteiger partial charge < -0.3 is 14.5 Å². The van der Waals surface area contributed by atoms with Crippen molar-refractivity contribution in [3.05, 3.63) is 82.5 Å². The molecule has 1 N–H and O–H groups in total. The quantitative estimate of drug-likeness (QED) is 0.593. The number of nitrogens with one attached hydrogen (secondary N) is 1. The summed E-state index contributed by atoms with van der Waals surface area (Å²) < 4.78 is 11.2. The summed E-state index contributed by atoms with van der Waals surface area (Å²) in [5, 5.41) is 11.7. The molecule has 3 aromatic rings. The third-order valence-electron chi connectivity index (χ3n) is 4.26. The van der Waals surface area contributed by atoms with Gasteiger partial charge in [0.15, 0.2) is 6.10 Å². The number of aromatic nitrogens is 2. The SMILES string of the molecule is CO[C@@H](c1ccccc1)c1nnc(CCC(=O)NCCc2ccc(Cl)cc2)o1. The zero-order valence-corrected chi connectivity index (χ0v) is 16.4. The molecule has 2 aromatic carbocycles. The largest absolute Gasteiger partial charge is 0.422 e. The average molecular weight is 400 g/mol. The van der Waals surface area contributed by atoms with Gasteiger partial charge in [0.05, 0.1) is 0 Å². The number of ether oxygens (including phenoxy) is 1. The Bertz CT molecular complexity index is 881. The standard InChI is InChI=1S/C21H22ClN3O3/c1-27-20(16-5-3-2-4-6-16)21-25-24-19(28-21)12-11-18(26)23-14-13-15-7-9-17(22)10-8-15/h2-10,20H,11-14H2,1H3,(H,23,26)/t20-/m0/s1. The zero-order chi connectivity index (χ0) is 19.8. The van der Waals surface area contributed by atoms with Gasteiger partial charge in [-0.05, 0) is 29.7 Å². The van der Waals surface area contributed by atoms with Crippen LogP contribution >= 0.6 is 11.6 Å². The van der Waals surface area contributed by atoms with Crippen molar-refractivity contribution in [3.8, 4) is 0 Å². The van der Waals surface area contributed by atoms with E-state index in [0.29, 0.717) is 29.8 Å². The lowest BCUT2D eigenvalue weighted by Crippen LogP contribution is -2.25. The van der Waals surface area contributed by atoms with Gasteiger partial charge in [-0.3, -0.25) is 4.79 Å². The van der Waals surface area contributed by atoms with Crippen LogP contribution in [-0.4, -0.2) is 29.8 Å². The summed E-state index contributed by atoms with van der Waals surface area (Å²) in [6.07, 6.45) is 0.992. The zero-order valence-electron chi connectivity index (χ0n) is 15.6. The maximum absolute atomic E-state index is 12.0. The lowest BCUT2D eigenvalue weighted by atomic mass is 10.1. The first-order valence-electron chi connectivity index (χ1n) is 9.07. The molecule has 3 rings (SSSR count). The highest BCUT2D eigenvalue weighted by atomic mass is 35.5. The molecule has 146 valence electrons. The van der Waals surface area contributed by atoms with Crippen molar-refractivity contribution in [2.75, 3.05) is 13.7 Å². The number of benzene rings is 2. The number of carbonyl (C=O) groups excluding carboxylic acids is 1. The van der Waals surface area contributed by atoms with E-state index in [1.54, 1.807) is 7.11 Å². The van der Waals surface area contributed by atoms with Crippen LogP contribution in [0.1, 0.15) is 35.4 Å². The maximum Gasteiger partial charge on any atom is 0.249 e. The van der Waals surface area contributed by atoms with E-state index in [1.165, 1.54) is 0 Å². The fourth-order valence-corrected chi connectivity index (χ4v) is 2.91. The van der Waals surface area contributed by atoms with E-state index < -0.39 is 6.10 Å². The van der Waals surface area contributed by atoms with Gasteiger partial charge in [-0.25, -0.2) is 0 Å². The second-order valence-electron chi connectivity index (χ2n) is 6.29. The number of rotatable bonds is 9. The summed E-state index contributed by atoms with van der Waals surface area (Å²) in [4.78, 5) is 12.0. The lowest BCUT2D eigenvalue weighted by Gasteiger charge is -2.10. The molecule has 0 aliphatic carbocycles. The summed E-state index contributed by atoms with van der Waals surface area (Å²) in [7, 11) is 1.59. The van der Waals surface area contributed by atoms with Gasteiger partial charge in [-0.1, -0.05) is 54.1 Å². The topological polar surface area (TPSA) is 77.2 Å². The van der Waals surface area contributed by atoms with Gasteiger partial charge in [0, 0.05) is 31.5 Å². The lowest BCUT2D eigenvalue weighted by molar-refractivity contribution is -0.121. The van der Waals surface area contributed by atoms with Crippen LogP contribution in [0, 0.1) is 0 Å². The Kier molecular flexibility index (Phi) is 7.17. The molecule has 0 saturated heterocycles. The van der Waals surface area contributed by atoms with Crippen molar-refractivity contribution < 1.29 is 13.9 Å².